The zero-order valence-corrected chi connectivity index (χ0v) is 21.5. The predicted octanol–water partition coefficient (Wildman–Crippen LogP) is 5.11. The molecule has 6 nitrogen and oxygen atoms in total. The van der Waals surface area contributed by atoms with Crippen molar-refractivity contribution in [2.45, 2.75) is 52.2 Å². The molecule has 2 aromatic carbocycles. The summed E-state index contributed by atoms with van der Waals surface area (Å²) in [5, 5.41) is 0. The standard InChI is InChI=1S/C27H34N2O4.ClH/c1-6-31-24-14-20-21(15-25(24)32-7-2)26(28-23-12-13-29(5)16-22(20)23)18-8-10-19(11-9-18)27(30)33-17(3)4;/h8-11,14-15,17,22-23H,6-7,12-13,16H2,1-5H3;1H/t22-,23-;/m1./s1. The fourth-order valence-electron chi connectivity index (χ4n) is 4.70. The highest BCUT2D eigenvalue weighted by Crippen LogP contribution is 2.42. The number of hydrogen-bond acceptors (Lipinski definition) is 6. The maximum atomic E-state index is 12.3. The molecule has 2 aliphatic rings. The summed E-state index contributed by atoms with van der Waals surface area (Å²) >= 11 is 0. The molecule has 1 fully saturated rings. The van der Waals surface area contributed by atoms with Crippen molar-refractivity contribution in [1.29, 1.82) is 0 Å². The molecule has 7 heteroatoms. The minimum absolute atomic E-state index is 0. The highest BCUT2D eigenvalue weighted by Gasteiger charge is 2.36. The van der Waals surface area contributed by atoms with Gasteiger partial charge < -0.3 is 19.1 Å². The summed E-state index contributed by atoms with van der Waals surface area (Å²) < 4.78 is 17.2. The maximum absolute atomic E-state index is 12.3. The van der Waals surface area contributed by atoms with Gasteiger partial charge in [0.15, 0.2) is 11.5 Å². The van der Waals surface area contributed by atoms with Crippen molar-refractivity contribution in [3.8, 4) is 11.5 Å². The number of likely N-dealkylation sites (tertiary alicyclic amines) is 1. The van der Waals surface area contributed by atoms with Crippen LogP contribution in [0.25, 0.3) is 0 Å². The van der Waals surface area contributed by atoms with Crippen LogP contribution in [0.3, 0.4) is 0 Å². The Balaban J connectivity index is 0.00000324. The van der Waals surface area contributed by atoms with E-state index in [0.717, 1.165) is 47.8 Å². The van der Waals surface area contributed by atoms with Crippen LogP contribution in [0, 0.1) is 0 Å². The van der Waals surface area contributed by atoms with Crippen LogP contribution in [-0.2, 0) is 4.74 Å². The van der Waals surface area contributed by atoms with E-state index in [2.05, 4.69) is 24.1 Å². The van der Waals surface area contributed by atoms with Gasteiger partial charge in [0.1, 0.15) is 0 Å². The molecule has 0 radical (unpaired) electrons. The lowest BCUT2D eigenvalue weighted by Gasteiger charge is -2.39. The molecular formula is C27H35ClN2O4. The molecule has 2 heterocycles. The molecule has 2 atom stereocenters. The summed E-state index contributed by atoms with van der Waals surface area (Å²) in [5.41, 5.74) is 4.82. The number of carbonyl (C=O) groups excluding carboxylic acids is 1. The molecule has 1 saturated heterocycles. The Morgan fingerprint density at radius 1 is 1.09 bits per heavy atom. The molecule has 0 bridgehead atoms. The summed E-state index contributed by atoms with van der Waals surface area (Å²) in [4.78, 5) is 19.9. The van der Waals surface area contributed by atoms with Crippen LogP contribution < -0.4 is 9.47 Å². The van der Waals surface area contributed by atoms with E-state index in [0.29, 0.717) is 24.7 Å². The number of ether oxygens (including phenoxy) is 3. The highest BCUT2D eigenvalue weighted by atomic mass is 35.5. The summed E-state index contributed by atoms with van der Waals surface area (Å²) in [6.07, 6.45) is 0.866. The number of carbonyl (C=O) groups is 1. The first-order valence-corrected chi connectivity index (χ1v) is 11.9. The van der Waals surface area contributed by atoms with E-state index >= 15 is 0 Å². The van der Waals surface area contributed by atoms with Crippen LogP contribution in [0.5, 0.6) is 11.5 Å². The lowest BCUT2D eigenvalue weighted by atomic mass is 9.79. The number of hydrogen-bond donors (Lipinski definition) is 0. The van der Waals surface area contributed by atoms with Gasteiger partial charge in [-0.05, 0) is 77.5 Å². The highest BCUT2D eigenvalue weighted by molar-refractivity contribution is 6.15. The molecule has 0 N–H and O–H groups in total. The van der Waals surface area contributed by atoms with Crippen molar-refractivity contribution in [2.24, 2.45) is 4.99 Å². The van der Waals surface area contributed by atoms with E-state index in [4.69, 9.17) is 19.2 Å². The number of fused-ring (bicyclic) bond motifs is 3. The van der Waals surface area contributed by atoms with Gasteiger partial charge in [-0.3, -0.25) is 4.99 Å². The van der Waals surface area contributed by atoms with E-state index in [1.807, 2.05) is 52.0 Å². The fourth-order valence-corrected chi connectivity index (χ4v) is 4.70. The van der Waals surface area contributed by atoms with Crippen molar-refractivity contribution >= 4 is 24.1 Å². The minimum atomic E-state index is -0.307. The van der Waals surface area contributed by atoms with Crippen LogP contribution in [0.15, 0.2) is 41.4 Å². The van der Waals surface area contributed by atoms with E-state index < -0.39 is 0 Å². The predicted molar refractivity (Wildman–Crippen MR) is 137 cm³/mol. The number of halogens is 1. The Labute approximate surface area is 208 Å². The van der Waals surface area contributed by atoms with Crippen molar-refractivity contribution < 1.29 is 19.0 Å². The van der Waals surface area contributed by atoms with Gasteiger partial charge in [-0.25, -0.2) is 4.79 Å². The van der Waals surface area contributed by atoms with Gasteiger partial charge in [-0.1, -0.05) is 12.1 Å². The molecule has 0 amide bonds. The first-order valence-electron chi connectivity index (χ1n) is 11.9. The third-order valence-corrected chi connectivity index (χ3v) is 6.18. The van der Waals surface area contributed by atoms with Crippen molar-refractivity contribution in [3.63, 3.8) is 0 Å². The fraction of sp³-hybridized carbons (Fsp3) is 0.481. The molecule has 184 valence electrons. The molecular weight excluding hydrogens is 452 g/mol. The summed E-state index contributed by atoms with van der Waals surface area (Å²) in [6, 6.07) is 12.0. The molecule has 0 unspecified atom stereocenters. The number of aliphatic imine (C=N–C) groups is 1. The zero-order valence-electron chi connectivity index (χ0n) is 20.7. The van der Waals surface area contributed by atoms with E-state index in [-0.39, 0.29) is 30.5 Å². The number of rotatable bonds is 7. The first kappa shape index (κ1) is 26.0. The molecule has 0 aliphatic carbocycles. The number of likely N-dealkylation sites (N-methyl/N-ethyl adjacent to an activating group) is 1. The number of piperidine rings is 1. The zero-order chi connectivity index (χ0) is 23.5. The smallest absolute Gasteiger partial charge is 0.338 e. The Morgan fingerprint density at radius 3 is 2.35 bits per heavy atom. The third-order valence-electron chi connectivity index (χ3n) is 6.18. The molecule has 0 spiro atoms. The van der Waals surface area contributed by atoms with E-state index in [1.54, 1.807) is 0 Å². The van der Waals surface area contributed by atoms with Crippen LogP contribution in [0.4, 0.5) is 0 Å². The molecule has 2 aromatic rings. The van der Waals surface area contributed by atoms with Gasteiger partial charge in [0, 0.05) is 23.6 Å². The van der Waals surface area contributed by atoms with Crippen LogP contribution in [-0.4, -0.2) is 62.1 Å². The monoisotopic (exact) mass is 486 g/mol. The Kier molecular flexibility index (Phi) is 8.61. The largest absolute Gasteiger partial charge is 0.490 e. The second-order valence-corrected chi connectivity index (χ2v) is 8.99. The molecule has 2 aliphatic heterocycles. The molecule has 34 heavy (non-hydrogen) atoms. The third kappa shape index (κ3) is 5.39. The molecule has 0 saturated carbocycles. The first-order chi connectivity index (χ1) is 15.9. The second kappa shape index (κ2) is 11.2. The van der Waals surface area contributed by atoms with Crippen LogP contribution >= 0.6 is 12.4 Å². The Bertz CT molecular complexity index is 1040. The van der Waals surface area contributed by atoms with Gasteiger partial charge in [0.05, 0.1) is 36.6 Å². The second-order valence-electron chi connectivity index (χ2n) is 8.99. The van der Waals surface area contributed by atoms with Crippen LogP contribution in [0.2, 0.25) is 0 Å². The topological polar surface area (TPSA) is 60.4 Å². The summed E-state index contributed by atoms with van der Waals surface area (Å²) in [5.74, 6) is 1.54. The molecule has 4 rings (SSSR count). The maximum Gasteiger partial charge on any atom is 0.338 e. The van der Waals surface area contributed by atoms with Crippen LogP contribution in [0.1, 0.15) is 67.1 Å². The quantitative estimate of drug-likeness (QED) is 0.509. The van der Waals surface area contributed by atoms with E-state index in [1.165, 1.54) is 5.56 Å². The lowest BCUT2D eigenvalue weighted by molar-refractivity contribution is 0.0378. The van der Waals surface area contributed by atoms with E-state index in [9.17, 15) is 4.79 Å². The number of esters is 1. The van der Waals surface area contributed by atoms with Crippen molar-refractivity contribution in [2.75, 3.05) is 33.4 Å². The minimum Gasteiger partial charge on any atom is -0.490 e. The van der Waals surface area contributed by atoms with Crippen molar-refractivity contribution in [1.82, 2.24) is 4.90 Å². The SMILES string of the molecule is CCOc1cc2c(cc1OCC)[C@H]1CN(C)CC[C@H]1N=C2c1ccc(C(=O)OC(C)C)cc1.Cl. The van der Waals surface area contributed by atoms with Gasteiger partial charge in [-0.15, -0.1) is 12.4 Å². The number of nitrogens with zero attached hydrogens (tertiary/aromatic N) is 2. The lowest BCUT2D eigenvalue weighted by Crippen LogP contribution is -2.41. The van der Waals surface area contributed by atoms with Crippen molar-refractivity contribution in [3.05, 3.63) is 58.7 Å². The van der Waals surface area contributed by atoms with Gasteiger partial charge in [0.25, 0.3) is 0 Å². The van der Waals surface area contributed by atoms with Gasteiger partial charge in [-0.2, -0.15) is 0 Å². The number of benzene rings is 2. The summed E-state index contributed by atoms with van der Waals surface area (Å²) in [6.45, 7) is 10.8. The average molecular weight is 487 g/mol. The van der Waals surface area contributed by atoms with Gasteiger partial charge >= 0.3 is 5.97 Å². The normalized spacial score (nSPS) is 19.4. The summed E-state index contributed by atoms with van der Waals surface area (Å²) in [7, 11) is 2.17. The molecule has 0 aromatic heterocycles. The van der Waals surface area contributed by atoms with Gasteiger partial charge in [0.2, 0.25) is 0 Å². The Hall–Kier alpha value is -2.57. The average Bonchev–Trinajstić information content (AvgIpc) is 2.79. The Morgan fingerprint density at radius 2 is 1.74 bits per heavy atom.